The van der Waals surface area contributed by atoms with Crippen LogP contribution in [0.5, 0.6) is 0 Å². The van der Waals surface area contributed by atoms with Crippen LogP contribution < -0.4 is 0 Å². The van der Waals surface area contributed by atoms with Crippen molar-refractivity contribution in [3.8, 4) is 11.8 Å². The van der Waals surface area contributed by atoms with E-state index in [1.54, 1.807) is 0 Å². The second kappa shape index (κ2) is 7.44. The van der Waals surface area contributed by atoms with E-state index in [4.69, 9.17) is 5.11 Å². The summed E-state index contributed by atoms with van der Waals surface area (Å²) in [5.74, 6) is 6.01. The lowest BCUT2D eigenvalue weighted by Crippen LogP contribution is -2.49. The zero-order chi connectivity index (χ0) is 14.4. The number of piperazine rings is 1. The van der Waals surface area contributed by atoms with Crippen molar-refractivity contribution in [3.05, 3.63) is 35.4 Å². The maximum absolute atomic E-state index is 8.70. The van der Waals surface area contributed by atoms with Gasteiger partial charge in [-0.3, -0.25) is 4.90 Å². The van der Waals surface area contributed by atoms with Gasteiger partial charge in [0, 0.05) is 44.2 Å². The normalized spacial score (nSPS) is 20.4. The molecule has 1 atom stereocenters. The monoisotopic (exact) mass is 272 g/mol. The van der Waals surface area contributed by atoms with E-state index in [0.717, 1.165) is 31.7 Å². The zero-order valence-corrected chi connectivity index (χ0v) is 12.5. The van der Waals surface area contributed by atoms with E-state index < -0.39 is 0 Å². The average molecular weight is 272 g/mol. The Labute approximate surface area is 122 Å². The van der Waals surface area contributed by atoms with Crippen LogP contribution in [0.2, 0.25) is 0 Å². The summed E-state index contributed by atoms with van der Waals surface area (Å²) in [5.41, 5.74) is 2.36. The zero-order valence-electron chi connectivity index (χ0n) is 12.5. The Hall–Kier alpha value is -1.34. The minimum atomic E-state index is 0.132. The predicted octanol–water partition coefficient (Wildman–Crippen LogP) is 1.56. The van der Waals surface area contributed by atoms with Crippen LogP contribution in [0.15, 0.2) is 24.3 Å². The van der Waals surface area contributed by atoms with Gasteiger partial charge < -0.3 is 10.0 Å². The number of aliphatic hydroxyl groups is 1. The summed E-state index contributed by atoms with van der Waals surface area (Å²) >= 11 is 0. The number of benzene rings is 1. The highest BCUT2D eigenvalue weighted by molar-refractivity contribution is 5.36. The van der Waals surface area contributed by atoms with Crippen molar-refractivity contribution in [2.24, 2.45) is 0 Å². The molecule has 3 nitrogen and oxygen atoms in total. The van der Waals surface area contributed by atoms with Crippen molar-refractivity contribution < 1.29 is 5.11 Å². The molecule has 1 aliphatic rings. The fourth-order valence-electron chi connectivity index (χ4n) is 2.44. The molecule has 1 fully saturated rings. The number of rotatable bonds is 3. The highest BCUT2D eigenvalue weighted by atomic mass is 16.2. The molecule has 108 valence electrons. The lowest BCUT2D eigenvalue weighted by molar-refractivity contribution is 0.1000. The van der Waals surface area contributed by atoms with Gasteiger partial charge in [-0.15, -0.1) is 0 Å². The molecule has 1 aliphatic heterocycles. The summed E-state index contributed by atoms with van der Waals surface area (Å²) in [4.78, 5) is 4.92. The van der Waals surface area contributed by atoms with Crippen LogP contribution in [0, 0.1) is 11.8 Å². The third kappa shape index (κ3) is 4.35. The molecule has 0 amide bonds. The second-order valence-electron chi connectivity index (χ2n) is 5.54. The average Bonchev–Trinajstić information content (AvgIpc) is 2.45. The Kier molecular flexibility index (Phi) is 5.60. The molecule has 0 aliphatic carbocycles. The van der Waals surface area contributed by atoms with Gasteiger partial charge in [-0.25, -0.2) is 0 Å². The van der Waals surface area contributed by atoms with Gasteiger partial charge in [0.1, 0.15) is 0 Å². The van der Waals surface area contributed by atoms with E-state index in [1.807, 2.05) is 0 Å². The maximum atomic E-state index is 8.70. The van der Waals surface area contributed by atoms with Crippen molar-refractivity contribution in [1.29, 1.82) is 0 Å². The van der Waals surface area contributed by atoms with Crippen molar-refractivity contribution in [1.82, 2.24) is 9.80 Å². The van der Waals surface area contributed by atoms with E-state index in [0.29, 0.717) is 12.5 Å². The van der Waals surface area contributed by atoms with Gasteiger partial charge in [0.05, 0.1) is 6.61 Å². The van der Waals surface area contributed by atoms with E-state index in [-0.39, 0.29) is 6.61 Å². The van der Waals surface area contributed by atoms with Crippen LogP contribution in [-0.4, -0.2) is 54.2 Å². The fraction of sp³-hybridized carbons (Fsp3) is 0.529. The molecule has 0 saturated carbocycles. The van der Waals surface area contributed by atoms with E-state index in [9.17, 15) is 0 Å². The minimum absolute atomic E-state index is 0.132. The summed E-state index contributed by atoms with van der Waals surface area (Å²) in [5, 5.41) is 8.70. The van der Waals surface area contributed by atoms with Gasteiger partial charge in [0.2, 0.25) is 0 Å². The number of hydrogen-bond donors (Lipinski definition) is 1. The number of likely N-dealkylation sites (N-methyl/N-ethyl adjacent to an activating group) is 1. The molecule has 2 rings (SSSR count). The lowest BCUT2D eigenvalue weighted by Gasteiger charge is -2.37. The smallest absolute Gasteiger partial charge is 0.0540 e. The summed E-state index contributed by atoms with van der Waals surface area (Å²) in [7, 11) is 2.20. The molecule has 0 radical (unpaired) electrons. The SMILES string of the molecule is CC1CN(Cc2ccc(C#CCCO)cc2)CCN1C. The van der Waals surface area contributed by atoms with Crippen molar-refractivity contribution in [2.45, 2.75) is 25.9 Å². The Balaban J connectivity index is 1.89. The van der Waals surface area contributed by atoms with Gasteiger partial charge in [-0.05, 0) is 31.7 Å². The molecule has 1 aromatic carbocycles. The molecular formula is C17H24N2O. The van der Waals surface area contributed by atoms with Crippen molar-refractivity contribution >= 4 is 0 Å². The van der Waals surface area contributed by atoms with Gasteiger partial charge in [-0.2, -0.15) is 0 Å². The summed E-state index contributed by atoms with van der Waals surface area (Å²) in [6, 6.07) is 9.09. The first kappa shape index (κ1) is 15.1. The van der Waals surface area contributed by atoms with Crippen LogP contribution in [0.1, 0.15) is 24.5 Å². The van der Waals surface area contributed by atoms with Crippen LogP contribution >= 0.6 is 0 Å². The van der Waals surface area contributed by atoms with E-state index in [1.165, 1.54) is 5.56 Å². The van der Waals surface area contributed by atoms with Crippen LogP contribution in [-0.2, 0) is 6.54 Å². The molecule has 1 aromatic rings. The first-order valence-electron chi connectivity index (χ1n) is 7.30. The predicted molar refractivity (Wildman–Crippen MR) is 82.4 cm³/mol. The van der Waals surface area contributed by atoms with Gasteiger partial charge in [0.15, 0.2) is 0 Å². The first-order chi connectivity index (χ1) is 9.69. The van der Waals surface area contributed by atoms with Gasteiger partial charge in [-0.1, -0.05) is 24.0 Å². The Morgan fingerprint density at radius 2 is 2.00 bits per heavy atom. The summed E-state index contributed by atoms with van der Waals surface area (Å²) < 4.78 is 0. The Morgan fingerprint density at radius 3 is 2.65 bits per heavy atom. The quantitative estimate of drug-likeness (QED) is 0.846. The van der Waals surface area contributed by atoms with E-state index >= 15 is 0 Å². The minimum Gasteiger partial charge on any atom is -0.395 e. The van der Waals surface area contributed by atoms with E-state index in [2.05, 4.69) is 59.9 Å². The molecule has 20 heavy (non-hydrogen) atoms. The molecule has 0 spiro atoms. The molecule has 1 unspecified atom stereocenters. The molecular weight excluding hydrogens is 248 g/mol. The standard InChI is InChI=1S/C17H24N2O/c1-15-13-19(11-10-18(15)2)14-17-8-6-16(7-9-17)5-3-4-12-20/h6-9,15,20H,4,10-14H2,1-2H3. The van der Waals surface area contributed by atoms with Crippen LogP contribution in [0.4, 0.5) is 0 Å². The molecule has 1 heterocycles. The highest BCUT2D eigenvalue weighted by Crippen LogP contribution is 2.12. The fourth-order valence-corrected chi connectivity index (χ4v) is 2.44. The Morgan fingerprint density at radius 1 is 1.25 bits per heavy atom. The topological polar surface area (TPSA) is 26.7 Å². The number of nitrogens with zero attached hydrogens (tertiary/aromatic N) is 2. The lowest BCUT2D eigenvalue weighted by atomic mass is 10.1. The third-order valence-corrected chi connectivity index (χ3v) is 3.87. The van der Waals surface area contributed by atoms with Crippen molar-refractivity contribution in [3.63, 3.8) is 0 Å². The Bertz CT molecular complexity index is 472. The molecule has 0 bridgehead atoms. The van der Waals surface area contributed by atoms with Gasteiger partial charge >= 0.3 is 0 Å². The summed E-state index contributed by atoms with van der Waals surface area (Å²) in [6.07, 6.45) is 0.543. The second-order valence-corrected chi connectivity index (χ2v) is 5.54. The molecule has 3 heteroatoms. The molecule has 0 aromatic heterocycles. The van der Waals surface area contributed by atoms with Crippen LogP contribution in [0.3, 0.4) is 0 Å². The maximum Gasteiger partial charge on any atom is 0.0540 e. The summed E-state index contributed by atoms with van der Waals surface area (Å²) in [6.45, 7) is 6.85. The highest BCUT2D eigenvalue weighted by Gasteiger charge is 2.20. The molecule has 1 N–H and O–H groups in total. The van der Waals surface area contributed by atoms with Crippen LogP contribution in [0.25, 0.3) is 0 Å². The largest absolute Gasteiger partial charge is 0.395 e. The number of aliphatic hydroxyl groups excluding tert-OH is 1. The molecule has 1 saturated heterocycles. The van der Waals surface area contributed by atoms with Crippen molar-refractivity contribution in [2.75, 3.05) is 33.3 Å². The first-order valence-corrected chi connectivity index (χ1v) is 7.30. The number of hydrogen-bond acceptors (Lipinski definition) is 3. The third-order valence-electron chi connectivity index (χ3n) is 3.87. The van der Waals surface area contributed by atoms with Gasteiger partial charge in [0.25, 0.3) is 0 Å².